The second kappa shape index (κ2) is 12.3. The van der Waals surface area contributed by atoms with E-state index in [9.17, 15) is 9.59 Å². The van der Waals surface area contributed by atoms with Gasteiger partial charge in [0.2, 0.25) is 11.9 Å². The van der Waals surface area contributed by atoms with E-state index in [1.165, 1.54) is 0 Å². The minimum absolute atomic E-state index is 0.135. The second-order valence-electron chi connectivity index (χ2n) is 10.4. The fourth-order valence-electron chi connectivity index (χ4n) is 4.17. The number of nitrogens with one attached hydrogen (secondary N) is 1. The van der Waals surface area contributed by atoms with Crippen LogP contribution in [-0.2, 0) is 16.1 Å². The number of ether oxygens (including phenoxy) is 1. The normalized spacial score (nSPS) is 13.7. The molecule has 11 heteroatoms. The number of anilines is 2. The van der Waals surface area contributed by atoms with Crippen LogP contribution in [0.25, 0.3) is 11.1 Å². The molecule has 3 aromatic rings. The van der Waals surface area contributed by atoms with Gasteiger partial charge in [-0.2, -0.15) is 0 Å². The van der Waals surface area contributed by atoms with Crippen LogP contribution in [0.2, 0.25) is 5.02 Å². The average Bonchev–Trinajstić information content (AvgIpc) is 2.91. The van der Waals surface area contributed by atoms with Crippen molar-refractivity contribution in [3.05, 3.63) is 65.6 Å². The first kappa shape index (κ1) is 28.1. The third-order valence-corrected chi connectivity index (χ3v) is 6.42. The highest BCUT2D eigenvalue weighted by molar-refractivity contribution is 6.32. The second-order valence-corrected chi connectivity index (χ2v) is 10.8. The van der Waals surface area contributed by atoms with Gasteiger partial charge in [-0.1, -0.05) is 29.8 Å². The summed E-state index contributed by atoms with van der Waals surface area (Å²) in [5, 5.41) is 3.16. The van der Waals surface area contributed by atoms with Crippen LogP contribution in [-0.4, -0.2) is 77.2 Å². The molecule has 1 saturated heterocycles. The number of nitrogens with zero attached hydrogens (tertiary/aromatic N) is 6. The number of amides is 2. The molecule has 0 radical (unpaired) electrons. The number of piperazine rings is 1. The Bertz CT molecular complexity index is 1290. The SMILES string of the molecule is CN(Cc1cccc(-c2cnc(N3CCN(c4ncccc4Cl)CC3)nc2)c1)C(=O)CNC(=O)OC(C)(C)C. The fourth-order valence-corrected chi connectivity index (χ4v) is 4.41. The molecule has 0 unspecified atom stereocenters. The molecule has 1 fully saturated rings. The van der Waals surface area contributed by atoms with Gasteiger partial charge in [0, 0.05) is 63.9 Å². The number of rotatable bonds is 7. The van der Waals surface area contributed by atoms with E-state index in [0.29, 0.717) is 17.5 Å². The van der Waals surface area contributed by atoms with E-state index < -0.39 is 11.7 Å². The number of benzene rings is 1. The van der Waals surface area contributed by atoms with Gasteiger partial charge >= 0.3 is 6.09 Å². The Labute approximate surface area is 234 Å². The summed E-state index contributed by atoms with van der Waals surface area (Å²) in [6, 6.07) is 11.6. The Balaban J connectivity index is 1.31. The molecule has 3 heterocycles. The van der Waals surface area contributed by atoms with Crippen molar-refractivity contribution in [3.8, 4) is 11.1 Å². The maximum absolute atomic E-state index is 12.5. The lowest BCUT2D eigenvalue weighted by Crippen LogP contribution is -2.47. The quantitative estimate of drug-likeness (QED) is 0.470. The summed E-state index contributed by atoms with van der Waals surface area (Å²) in [7, 11) is 1.70. The maximum Gasteiger partial charge on any atom is 0.408 e. The first-order valence-corrected chi connectivity index (χ1v) is 13.2. The molecular formula is C28H34ClN7O3. The predicted octanol–water partition coefficient (Wildman–Crippen LogP) is 4.00. The summed E-state index contributed by atoms with van der Waals surface area (Å²) in [5.74, 6) is 1.27. The Hall–Kier alpha value is -3.92. The Morgan fingerprint density at radius 2 is 1.69 bits per heavy atom. The molecule has 0 bridgehead atoms. The van der Waals surface area contributed by atoms with E-state index in [2.05, 4.69) is 30.1 Å². The van der Waals surface area contributed by atoms with E-state index in [-0.39, 0.29) is 12.5 Å². The zero-order valence-electron chi connectivity index (χ0n) is 22.7. The van der Waals surface area contributed by atoms with E-state index in [4.69, 9.17) is 16.3 Å². The number of aromatic nitrogens is 3. The molecule has 206 valence electrons. The molecule has 4 rings (SSSR count). The highest BCUT2D eigenvalue weighted by Crippen LogP contribution is 2.25. The van der Waals surface area contributed by atoms with Crippen LogP contribution in [0.5, 0.6) is 0 Å². The van der Waals surface area contributed by atoms with E-state index in [1.807, 2.05) is 48.8 Å². The van der Waals surface area contributed by atoms with Crippen molar-refractivity contribution >= 4 is 35.4 Å². The topological polar surface area (TPSA) is 104 Å². The van der Waals surface area contributed by atoms with Crippen molar-refractivity contribution in [2.24, 2.45) is 0 Å². The van der Waals surface area contributed by atoms with Crippen molar-refractivity contribution in [2.75, 3.05) is 49.6 Å². The molecule has 1 N–H and O–H groups in total. The molecule has 0 atom stereocenters. The molecule has 1 aliphatic heterocycles. The standard InChI is InChI=1S/C28H34ClN7O3/c1-28(2,3)39-27(38)33-18-24(37)34(4)19-20-7-5-8-21(15-20)22-16-31-26(32-17-22)36-13-11-35(12-14-36)25-23(29)9-6-10-30-25/h5-10,15-17H,11-14,18-19H2,1-4H3,(H,33,38). The van der Waals surface area contributed by atoms with Crippen LogP contribution in [0.1, 0.15) is 26.3 Å². The first-order valence-electron chi connectivity index (χ1n) is 12.8. The minimum atomic E-state index is -0.620. The van der Waals surface area contributed by atoms with Crippen LogP contribution in [0.3, 0.4) is 0 Å². The lowest BCUT2D eigenvalue weighted by Gasteiger charge is -2.35. The first-order chi connectivity index (χ1) is 18.6. The van der Waals surface area contributed by atoms with Crippen LogP contribution < -0.4 is 15.1 Å². The number of carbonyl (C=O) groups is 2. The maximum atomic E-state index is 12.5. The highest BCUT2D eigenvalue weighted by atomic mass is 35.5. The van der Waals surface area contributed by atoms with Crippen LogP contribution in [0.15, 0.2) is 55.0 Å². The molecule has 0 spiro atoms. The summed E-state index contributed by atoms with van der Waals surface area (Å²) in [6.07, 6.45) is 4.78. The molecule has 0 aliphatic carbocycles. The number of alkyl carbamates (subject to hydrolysis) is 1. The van der Waals surface area contributed by atoms with E-state index in [1.54, 1.807) is 38.9 Å². The third-order valence-electron chi connectivity index (χ3n) is 6.13. The summed E-state index contributed by atoms with van der Waals surface area (Å²) in [6.45, 7) is 8.67. The van der Waals surface area contributed by atoms with E-state index >= 15 is 0 Å². The minimum Gasteiger partial charge on any atom is -0.444 e. The summed E-state index contributed by atoms with van der Waals surface area (Å²) < 4.78 is 5.18. The third kappa shape index (κ3) is 7.79. The smallest absolute Gasteiger partial charge is 0.408 e. The van der Waals surface area contributed by atoms with Crippen molar-refractivity contribution in [1.82, 2.24) is 25.2 Å². The average molecular weight is 552 g/mol. The summed E-state index contributed by atoms with van der Waals surface area (Å²) in [4.78, 5) is 43.9. The number of hydrogen-bond acceptors (Lipinski definition) is 8. The zero-order valence-corrected chi connectivity index (χ0v) is 23.5. The molecule has 10 nitrogen and oxygen atoms in total. The van der Waals surface area contributed by atoms with Crippen LogP contribution >= 0.6 is 11.6 Å². The van der Waals surface area contributed by atoms with Crippen molar-refractivity contribution in [3.63, 3.8) is 0 Å². The molecule has 39 heavy (non-hydrogen) atoms. The number of pyridine rings is 1. The number of hydrogen-bond donors (Lipinski definition) is 1. The van der Waals surface area contributed by atoms with Gasteiger partial charge in [-0.25, -0.2) is 19.7 Å². The predicted molar refractivity (Wildman–Crippen MR) is 152 cm³/mol. The van der Waals surface area contributed by atoms with Gasteiger partial charge in [0.1, 0.15) is 18.0 Å². The Morgan fingerprint density at radius 3 is 2.36 bits per heavy atom. The Kier molecular flexibility index (Phi) is 8.86. The number of carbonyl (C=O) groups excluding carboxylic acids is 2. The monoisotopic (exact) mass is 551 g/mol. The van der Waals surface area contributed by atoms with Crippen molar-refractivity contribution in [2.45, 2.75) is 32.9 Å². The van der Waals surface area contributed by atoms with Gasteiger partial charge in [-0.05, 0) is 50.1 Å². The van der Waals surface area contributed by atoms with Gasteiger partial charge in [0.05, 0.1) is 5.02 Å². The molecule has 1 aliphatic rings. The van der Waals surface area contributed by atoms with Gasteiger partial charge in [-0.3, -0.25) is 4.79 Å². The molecule has 1 aromatic carbocycles. The highest BCUT2D eigenvalue weighted by Gasteiger charge is 2.22. The molecule has 2 aromatic heterocycles. The number of likely N-dealkylation sites (N-methyl/N-ethyl adjacent to an activating group) is 1. The van der Waals surface area contributed by atoms with Gasteiger partial charge in [0.15, 0.2) is 0 Å². The van der Waals surface area contributed by atoms with Gasteiger partial charge < -0.3 is 24.8 Å². The van der Waals surface area contributed by atoms with Crippen molar-refractivity contribution in [1.29, 1.82) is 0 Å². The Morgan fingerprint density at radius 1 is 1.00 bits per heavy atom. The van der Waals surface area contributed by atoms with Crippen LogP contribution in [0, 0.1) is 0 Å². The summed E-state index contributed by atoms with van der Waals surface area (Å²) >= 11 is 6.30. The molecular weight excluding hydrogens is 518 g/mol. The summed E-state index contributed by atoms with van der Waals surface area (Å²) in [5.41, 5.74) is 2.18. The lowest BCUT2D eigenvalue weighted by atomic mass is 10.1. The van der Waals surface area contributed by atoms with Gasteiger partial charge in [0.25, 0.3) is 0 Å². The van der Waals surface area contributed by atoms with Crippen molar-refractivity contribution < 1.29 is 14.3 Å². The lowest BCUT2D eigenvalue weighted by molar-refractivity contribution is -0.129. The molecule has 2 amide bonds. The van der Waals surface area contributed by atoms with E-state index in [0.717, 1.165) is 48.7 Å². The molecule has 0 saturated carbocycles. The van der Waals surface area contributed by atoms with Gasteiger partial charge in [-0.15, -0.1) is 0 Å². The fraction of sp³-hybridized carbons (Fsp3) is 0.393. The zero-order chi connectivity index (χ0) is 28.0. The largest absolute Gasteiger partial charge is 0.444 e. The number of halogens is 1. The van der Waals surface area contributed by atoms with Crippen LogP contribution in [0.4, 0.5) is 16.6 Å².